The van der Waals surface area contributed by atoms with Crippen LogP contribution in [-0.2, 0) is 0 Å². The molecule has 0 spiro atoms. The molecule has 1 aliphatic rings. The summed E-state index contributed by atoms with van der Waals surface area (Å²) in [5.74, 6) is 1.71. The second kappa shape index (κ2) is 5.63. The molecule has 2 aromatic rings. The Morgan fingerprint density at radius 1 is 1.25 bits per heavy atom. The lowest BCUT2D eigenvalue weighted by atomic mass is 10.1. The van der Waals surface area contributed by atoms with Crippen molar-refractivity contribution in [1.29, 1.82) is 0 Å². The van der Waals surface area contributed by atoms with Crippen molar-refractivity contribution in [2.75, 3.05) is 18.5 Å². The Kier molecular flexibility index (Phi) is 3.70. The molecule has 3 nitrogen and oxygen atoms in total. The minimum Gasteiger partial charge on any atom is -0.494 e. The number of halogens is 1. The molecular formula is C16H16ClNO2. The van der Waals surface area contributed by atoms with E-state index < -0.39 is 0 Å². The van der Waals surface area contributed by atoms with Gasteiger partial charge in [-0.2, -0.15) is 0 Å². The molecule has 104 valence electrons. The molecule has 0 fully saturated rings. The third kappa shape index (κ3) is 2.68. The average Bonchev–Trinajstić information content (AvgIpc) is 2.48. The first kappa shape index (κ1) is 13.1. The Morgan fingerprint density at radius 2 is 2.05 bits per heavy atom. The van der Waals surface area contributed by atoms with Gasteiger partial charge in [0.25, 0.3) is 0 Å². The molecule has 1 unspecified atom stereocenters. The van der Waals surface area contributed by atoms with Crippen LogP contribution in [0.3, 0.4) is 0 Å². The van der Waals surface area contributed by atoms with Crippen LogP contribution in [0.5, 0.6) is 11.5 Å². The van der Waals surface area contributed by atoms with Crippen molar-refractivity contribution in [2.45, 2.75) is 13.0 Å². The van der Waals surface area contributed by atoms with E-state index >= 15 is 0 Å². The number of hydrogen-bond acceptors (Lipinski definition) is 3. The summed E-state index contributed by atoms with van der Waals surface area (Å²) >= 11 is 5.97. The number of anilines is 1. The Balaban J connectivity index is 1.77. The predicted molar refractivity (Wildman–Crippen MR) is 80.9 cm³/mol. The van der Waals surface area contributed by atoms with E-state index in [1.165, 1.54) is 0 Å². The van der Waals surface area contributed by atoms with Crippen molar-refractivity contribution < 1.29 is 9.47 Å². The standard InChI is InChI=1S/C16H16ClNO2/c1-2-19-13-6-3-11(4-7-13)16-10-18-14-9-12(17)5-8-15(14)20-16/h3-9,16,18H,2,10H2,1H3. The van der Waals surface area contributed by atoms with E-state index in [9.17, 15) is 0 Å². The Bertz CT molecular complexity index is 598. The summed E-state index contributed by atoms with van der Waals surface area (Å²) in [6.45, 7) is 3.38. The predicted octanol–water partition coefficient (Wildman–Crippen LogP) is 4.28. The van der Waals surface area contributed by atoms with Crippen LogP contribution in [0.4, 0.5) is 5.69 Å². The summed E-state index contributed by atoms with van der Waals surface area (Å²) < 4.78 is 11.5. The average molecular weight is 290 g/mol. The van der Waals surface area contributed by atoms with E-state index in [-0.39, 0.29) is 6.10 Å². The summed E-state index contributed by atoms with van der Waals surface area (Å²) in [4.78, 5) is 0. The number of rotatable bonds is 3. The van der Waals surface area contributed by atoms with Gasteiger partial charge in [0.15, 0.2) is 0 Å². The van der Waals surface area contributed by atoms with E-state index in [1.54, 1.807) is 0 Å². The summed E-state index contributed by atoms with van der Waals surface area (Å²) in [5.41, 5.74) is 2.07. The molecule has 0 amide bonds. The van der Waals surface area contributed by atoms with E-state index in [1.807, 2.05) is 49.4 Å². The molecule has 0 bridgehead atoms. The molecule has 1 N–H and O–H groups in total. The van der Waals surface area contributed by atoms with Crippen molar-refractivity contribution in [1.82, 2.24) is 0 Å². The van der Waals surface area contributed by atoms with Crippen LogP contribution in [0, 0.1) is 0 Å². The third-order valence-corrected chi connectivity index (χ3v) is 3.49. The molecule has 1 atom stereocenters. The van der Waals surface area contributed by atoms with Gasteiger partial charge in [-0.3, -0.25) is 0 Å². The van der Waals surface area contributed by atoms with Crippen LogP contribution in [0.25, 0.3) is 0 Å². The zero-order chi connectivity index (χ0) is 13.9. The largest absolute Gasteiger partial charge is 0.494 e. The number of hydrogen-bond donors (Lipinski definition) is 1. The van der Waals surface area contributed by atoms with Crippen LogP contribution in [0.15, 0.2) is 42.5 Å². The van der Waals surface area contributed by atoms with Crippen molar-refractivity contribution in [3.05, 3.63) is 53.1 Å². The normalized spacial score (nSPS) is 16.8. The molecule has 1 heterocycles. The Morgan fingerprint density at radius 3 is 2.80 bits per heavy atom. The maximum atomic E-state index is 6.01. The first-order chi connectivity index (χ1) is 9.76. The van der Waals surface area contributed by atoms with Gasteiger partial charge in [-0.25, -0.2) is 0 Å². The molecule has 0 saturated carbocycles. The highest BCUT2D eigenvalue weighted by Gasteiger charge is 2.20. The van der Waals surface area contributed by atoms with Gasteiger partial charge in [-0.05, 0) is 42.8 Å². The molecule has 0 radical (unpaired) electrons. The number of ether oxygens (including phenoxy) is 2. The van der Waals surface area contributed by atoms with Gasteiger partial charge < -0.3 is 14.8 Å². The van der Waals surface area contributed by atoms with E-state index in [2.05, 4.69) is 5.32 Å². The molecule has 20 heavy (non-hydrogen) atoms. The zero-order valence-corrected chi connectivity index (χ0v) is 12.0. The zero-order valence-electron chi connectivity index (χ0n) is 11.2. The minimum absolute atomic E-state index is 0.000600. The topological polar surface area (TPSA) is 30.5 Å². The lowest BCUT2D eigenvalue weighted by molar-refractivity contribution is 0.210. The second-order valence-corrected chi connectivity index (χ2v) is 5.07. The molecule has 0 saturated heterocycles. The molecule has 0 aliphatic carbocycles. The molecule has 0 aromatic heterocycles. The summed E-state index contributed by atoms with van der Waals surface area (Å²) in [5, 5.41) is 4.06. The fourth-order valence-electron chi connectivity index (χ4n) is 2.27. The SMILES string of the molecule is CCOc1ccc(C2CNc3cc(Cl)ccc3O2)cc1. The van der Waals surface area contributed by atoms with E-state index in [0.29, 0.717) is 11.6 Å². The summed E-state index contributed by atoms with van der Waals surface area (Å²) in [6, 6.07) is 13.6. The van der Waals surface area contributed by atoms with Gasteiger partial charge >= 0.3 is 0 Å². The highest BCUT2D eigenvalue weighted by atomic mass is 35.5. The van der Waals surface area contributed by atoms with Crippen molar-refractivity contribution in [3.63, 3.8) is 0 Å². The van der Waals surface area contributed by atoms with Crippen LogP contribution in [0.2, 0.25) is 5.02 Å². The lowest BCUT2D eigenvalue weighted by Crippen LogP contribution is -2.23. The van der Waals surface area contributed by atoms with Gasteiger partial charge in [0.2, 0.25) is 0 Å². The summed E-state index contributed by atoms with van der Waals surface area (Å²) in [7, 11) is 0. The fourth-order valence-corrected chi connectivity index (χ4v) is 2.44. The van der Waals surface area contributed by atoms with Crippen LogP contribution in [0.1, 0.15) is 18.6 Å². The summed E-state index contributed by atoms with van der Waals surface area (Å²) in [6.07, 6.45) is -0.000600. The first-order valence-corrected chi connectivity index (χ1v) is 7.07. The Labute approximate surface area is 123 Å². The third-order valence-electron chi connectivity index (χ3n) is 3.25. The van der Waals surface area contributed by atoms with E-state index in [0.717, 1.165) is 29.3 Å². The maximum absolute atomic E-state index is 6.01. The lowest BCUT2D eigenvalue weighted by Gasteiger charge is -2.27. The van der Waals surface area contributed by atoms with E-state index in [4.69, 9.17) is 21.1 Å². The Hall–Kier alpha value is -1.87. The van der Waals surface area contributed by atoms with Crippen molar-refractivity contribution >= 4 is 17.3 Å². The van der Waals surface area contributed by atoms with Gasteiger partial charge in [-0.1, -0.05) is 23.7 Å². The van der Waals surface area contributed by atoms with Crippen molar-refractivity contribution in [3.8, 4) is 11.5 Å². The first-order valence-electron chi connectivity index (χ1n) is 6.69. The number of fused-ring (bicyclic) bond motifs is 1. The van der Waals surface area contributed by atoms with Gasteiger partial charge in [-0.15, -0.1) is 0 Å². The monoisotopic (exact) mass is 289 g/mol. The van der Waals surface area contributed by atoms with Crippen LogP contribution < -0.4 is 14.8 Å². The molecule has 1 aliphatic heterocycles. The smallest absolute Gasteiger partial charge is 0.143 e. The van der Waals surface area contributed by atoms with Crippen LogP contribution in [-0.4, -0.2) is 13.2 Å². The van der Waals surface area contributed by atoms with Crippen molar-refractivity contribution in [2.24, 2.45) is 0 Å². The molecule has 3 rings (SSSR count). The molecule has 2 aromatic carbocycles. The second-order valence-electron chi connectivity index (χ2n) is 4.63. The minimum atomic E-state index is -0.000600. The quantitative estimate of drug-likeness (QED) is 0.914. The number of benzene rings is 2. The highest BCUT2D eigenvalue weighted by Crippen LogP contribution is 2.36. The maximum Gasteiger partial charge on any atom is 0.143 e. The van der Waals surface area contributed by atoms with Crippen LogP contribution >= 0.6 is 11.6 Å². The van der Waals surface area contributed by atoms with Gasteiger partial charge in [0, 0.05) is 5.02 Å². The van der Waals surface area contributed by atoms with Gasteiger partial charge in [0.1, 0.15) is 17.6 Å². The van der Waals surface area contributed by atoms with Gasteiger partial charge in [0.05, 0.1) is 18.8 Å². The molecular weight excluding hydrogens is 274 g/mol. The molecule has 4 heteroatoms. The fraction of sp³-hybridized carbons (Fsp3) is 0.250. The number of nitrogens with one attached hydrogen (secondary N) is 1. The highest BCUT2D eigenvalue weighted by molar-refractivity contribution is 6.30.